The monoisotopic (exact) mass is 262 g/mol. The van der Waals surface area contributed by atoms with Crippen LogP contribution in [-0.2, 0) is 17.9 Å². The lowest BCUT2D eigenvalue weighted by atomic mass is 10.3. The molecule has 1 aromatic heterocycles. The molecular weight excluding hydrogens is 245 g/mol. The first kappa shape index (κ1) is 14.9. The molecule has 0 aliphatic heterocycles. The van der Waals surface area contributed by atoms with Crippen LogP contribution in [0.2, 0.25) is 0 Å². The van der Waals surface area contributed by atoms with Gasteiger partial charge in [0.2, 0.25) is 0 Å². The summed E-state index contributed by atoms with van der Waals surface area (Å²) >= 11 is 0. The summed E-state index contributed by atoms with van der Waals surface area (Å²) in [4.78, 5) is 4.21. The van der Waals surface area contributed by atoms with Crippen molar-refractivity contribution in [2.24, 2.45) is 0 Å². The Morgan fingerprint density at radius 3 is 2.56 bits per heavy atom. The van der Waals surface area contributed by atoms with Crippen molar-refractivity contribution in [2.75, 3.05) is 6.61 Å². The molecule has 0 aliphatic rings. The zero-order valence-corrected chi connectivity index (χ0v) is 10.4. The highest BCUT2D eigenvalue weighted by atomic mass is 19.4. The third-order valence-corrected chi connectivity index (χ3v) is 2.07. The first-order valence-electron chi connectivity index (χ1n) is 5.69. The lowest BCUT2D eigenvalue weighted by Crippen LogP contribution is -2.22. The summed E-state index contributed by atoms with van der Waals surface area (Å²) in [6, 6.07) is 5.56. The van der Waals surface area contributed by atoms with E-state index < -0.39 is 12.8 Å². The van der Waals surface area contributed by atoms with Gasteiger partial charge in [0.25, 0.3) is 0 Å². The van der Waals surface area contributed by atoms with Gasteiger partial charge in [-0.1, -0.05) is 19.9 Å². The molecule has 0 bridgehead atoms. The van der Waals surface area contributed by atoms with E-state index in [0.717, 1.165) is 5.69 Å². The number of nitrogens with one attached hydrogen (secondary N) is 1. The van der Waals surface area contributed by atoms with Crippen molar-refractivity contribution in [3.8, 4) is 0 Å². The number of hydrogen-bond donors (Lipinski definition) is 1. The summed E-state index contributed by atoms with van der Waals surface area (Å²) in [6.07, 6.45) is -4.29. The van der Waals surface area contributed by atoms with E-state index in [9.17, 15) is 13.2 Å². The third kappa shape index (κ3) is 6.56. The number of alkyl halides is 3. The SMILES string of the molecule is CC(C)NCc1cccc(COCC(F)(F)F)n1. The highest BCUT2D eigenvalue weighted by Crippen LogP contribution is 2.15. The Labute approximate surface area is 104 Å². The highest BCUT2D eigenvalue weighted by molar-refractivity contribution is 5.10. The first-order chi connectivity index (χ1) is 8.37. The molecule has 0 saturated carbocycles. The fraction of sp³-hybridized carbons (Fsp3) is 0.583. The average molecular weight is 262 g/mol. The molecule has 0 fully saturated rings. The summed E-state index contributed by atoms with van der Waals surface area (Å²) in [5.74, 6) is 0. The van der Waals surface area contributed by atoms with Gasteiger partial charge in [-0.2, -0.15) is 13.2 Å². The minimum absolute atomic E-state index is 0.130. The summed E-state index contributed by atoms with van der Waals surface area (Å²) in [5.41, 5.74) is 1.29. The molecule has 1 heterocycles. The van der Waals surface area contributed by atoms with Crippen molar-refractivity contribution in [1.82, 2.24) is 10.3 Å². The van der Waals surface area contributed by atoms with E-state index in [0.29, 0.717) is 18.3 Å². The van der Waals surface area contributed by atoms with Gasteiger partial charge in [0.15, 0.2) is 0 Å². The molecule has 0 atom stereocenters. The van der Waals surface area contributed by atoms with Gasteiger partial charge in [-0.15, -0.1) is 0 Å². The number of hydrogen-bond acceptors (Lipinski definition) is 3. The van der Waals surface area contributed by atoms with Crippen LogP contribution in [0, 0.1) is 0 Å². The van der Waals surface area contributed by atoms with Crippen LogP contribution in [0.15, 0.2) is 18.2 Å². The lowest BCUT2D eigenvalue weighted by Gasteiger charge is -2.10. The predicted octanol–water partition coefficient (Wildman–Crippen LogP) is 2.66. The largest absolute Gasteiger partial charge is 0.411 e. The minimum Gasteiger partial charge on any atom is -0.366 e. The molecule has 0 aliphatic carbocycles. The second-order valence-corrected chi connectivity index (χ2v) is 4.26. The van der Waals surface area contributed by atoms with Crippen molar-refractivity contribution >= 4 is 0 Å². The number of rotatable bonds is 6. The van der Waals surface area contributed by atoms with Crippen molar-refractivity contribution in [3.63, 3.8) is 0 Å². The zero-order chi connectivity index (χ0) is 13.6. The van der Waals surface area contributed by atoms with Gasteiger partial charge < -0.3 is 10.1 Å². The van der Waals surface area contributed by atoms with Crippen LogP contribution < -0.4 is 5.32 Å². The quantitative estimate of drug-likeness (QED) is 0.855. The van der Waals surface area contributed by atoms with E-state index in [-0.39, 0.29) is 6.61 Å². The topological polar surface area (TPSA) is 34.1 Å². The van der Waals surface area contributed by atoms with Crippen LogP contribution in [0.3, 0.4) is 0 Å². The van der Waals surface area contributed by atoms with E-state index in [1.807, 2.05) is 19.9 Å². The Morgan fingerprint density at radius 2 is 1.94 bits per heavy atom. The van der Waals surface area contributed by atoms with E-state index in [4.69, 9.17) is 0 Å². The molecule has 1 rings (SSSR count). The Morgan fingerprint density at radius 1 is 1.28 bits per heavy atom. The standard InChI is InChI=1S/C12H17F3N2O/c1-9(2)16-6-10-4-3-5-11(17-10)7-18-8-12(13,14)15/h3-5,9,16H,6-8H2,1-2H3. The molecule has 18 heavy (non-hydrogen) atoms. The molecule has 102 valence electrons. The molecule has 1 aromatic rings. The number of aromatic nitrogens is 1. The van der Waals surface area contributed by atoms with Crippen molar-refractivity contribution < 1.29 is 17.9 Å². The molecule has 0 amide bonds. The number of nitrogens with zero attached hydrogens (tertiary/aromatic N) is 1. The van der Waals surface area contributed by atoms with Crippen LogP contribution >= 0.6 is 0 Å². The van der Waals surface area contributed by atoms with E-state index in [1.165, 1.54) is 0 Å². The molecule has 3 nitrogen and oxygen atoms in total. The zero-order valence-electron chi connectivity index (χ0n) is 10.4. The fourth-order valence-corrected chi connectivity index (χ4v) is 1.29. The van der Waals surface area contributed by atoms with Gasteiger partial charge in [0.05, 0.1) is 18.0 Å². The Hall–Kier alpha value is -1.14. The molecule has 0 radical (unpaired) electrons. The molecule has 0 unspecified atom stereocenters. The normalized spacial score (nSPS) is 12.1. The third-order valence-electron chi connectivity index (χ3n) is 2.07. The maximum atomic E-state index is 11.9. The van der Waals surface area contributed by atoms with E-state index in [2.05, 4.69) is 15.0 Å². The maximum absolute atomic E-state index is 11.9. The molecule has 0 aromatic carbocycles. The minimum atomic E-state index is -4.29. The molecule has 0 saturated heterocycles. The average Bonchev–Trinajstić information content (AvgIpc) is 2.25. The van der Waals surface area contributed by atoms with Crippen molar-refractivity contribution in [1.29, 1.82) is 0 Å². The first-order valence-corrected chi connectivity index (χ1v) is 5.69. The molecule has 6 heteroatoms. The number of ether oxygens (including phenoxy) is 1. The van der Waals surface area contributed by atoms with Crippen LogP contribution in [0.4, 0.5) is 13.2 Å². The Kier molecular flexibility index (Phi) is 5.55. The van der Waals surface area contributed by atoms with Gasteiger partial charge in [0, 0.05) is 12.6 Å². The predicted molar refractivity (Wildman–Crippen MR) is 61.9 cm³/mol. The van der Waals surface area contributed by atoms with Gasteiger partial charge in [-0.25, -0.2) is 0 Å². The summed E-state index contributed by atoms with van der Waals surface area (Å²) in [7, 11) is 0. The van der Waals surface area contributed by atoms with Crippen LogP contribution in [0.5, 0.6) is 0 Å². The van der Waals surface area contributed by atoms with Gasteiger partial charge in [-0.3, -0.25) is 4.98 Å². The maximum Gasteiger partial charge on any atom is 0.411 e. The van der Waals surface area contributed by atoms with Gasteiger partial charge >= 0.3 is 6.18 Å². The second kappa shape index (κ2) is 6.70. The molecule has 0 spiro atoms. The summed E-state index contributed by atoms with van der Waals surface area (Å²) in [5, 5.41) is 3.19. The Balaban J connectivity index is 2.44. The molecule has 1 N–H and O–H groups in total. The highest BCUT2D eigenvalue weighted by Gasteiger charge is 2.27. The van der Waals surface area contributed by atoms with Crippen LogP contribution in [0.25, 0.3) is 0 Å². The number of pyridine rings is 1. The fourth-order valence-electron chi connectivity index (χ4n) is 1.29. The van der Waals surface area contributed by atoms with Crippen molar-refractivity contribution in [2.45, 2.75) is 39.2 Å². The van der Waals surface area contributed by atoms with Gasteiger partial charge in [0.1, 0.15) is 6.61 Å². The molecular formula is C12H17F3N2O. The van der Waals surface area contributed by atoms with E-state index >= 15 is 0 Å². The van der Waals surface area contributed by atoms with Crippen LogP contribution in [0.1, 0.15) is 25.2 Å². The smallest absolute Gasteiger partial charge is 0.366 e. The lowest BCUT2D eigenvalue weighted by molar-refractivity contribution is -0.176. The summed E-state index contributed by atoms with van der Waals surface area (Å²) in [6.45, 7) is 3.23. The summed E-state index contributed by atoms with van der Waals surface area (Å²) < 4.78 is 40.2. The van der Waals surface area contributed by atoms with Crippen molar-refractivity contribution in [3.05, 3.63) is 29.6 Å². The Bertz CT molecular complexity index is 367. The number of halogens is 3. The van der Waals surface area contributed by atoms with Gasteiger partial charge in [-0.05, 0) is 12.1 Å². The van der Waals surface area contributed by atoms with E-state index in [1.54, 1.807) is 12.1 Å². The second-order valence-electron chi connectivity index (χ2n) is 4.26. The van der Waals surface area contributed by atoms with Crippen LogP contribution in [-0.4, -0.2) is 23.8 Å².